The van der Waals surface area contributed by atoms with Crippen LogP contribution in [-0.2, 0) is 6.18 Å². The molecule has 1 heterocycles. The minimum atomic E-state index is -4.31. The molecule has 18 heavy (non-hydrogen) atoms. The predicted molar refractivity (Wildman–Crippen MR) is 65.7 cm³/mol. The van der Waals surface area contributed by atoms with Crippen LogP contribution in [0.5, 0.6) is 0 Å². The van der Waals surface area contributed by atoms with Crippen molar-refractivity contribution in [3.63, 3.8) is 0 Å². The zero-order valence-corrected chi connectivity index (χ0v) is 10.5. The molecule has 2 rings (SSSR count). The Labute approximate surface area is 105 Å². The molecule has 1 fully saturated rings. The van der Waals surface area contributed by atoms with Crippen molar-refractivity contribution < 1.29 is 13.2 Å². The number of anilines is 1. The van der Waals surface area contributed by atoms with Crippen LogP contribution in [0, 0.1) is 0 Å². The Morgan fingerprint density at radius 1 is 1.22 bits per heavy atom. The highest BCUT2D eigenvalue weighted by atomic mass is 19.4. The van der Waals surface area contributed by atoms with Gasteiger partial charge in [0.1, 0.15) is 0 Å². The van der Waals surface area contributed by atoms with E-state index in [0.717, 1.165) is 6.07 Å². The number of halogens is 3. The highest BCUT2D eigenvalue weighted by Crippen LogP contribution is 2.38. The summed E-state index contributed by atoms with van der Waals surface area (Å²) in [6, 6.07) is 5.79. The normalized spacial score (nSPS) is 19.9. The third kappa shape index (κ3) is 2.46. The first-order valence-corrected chi connectivity index (χ1v) is 5.97. The van der Waals surface area contributed by atoms with E-state index in [-0.39, 0.29) is 11.2 Å². The van der Waals surface area contributed by atoms with Crippen molar-refractivity contribution in [1.29, 1.82) is 0 Å². The molecule has 0 bridgehead atoms. The van der Waals surface area contributed by atoms with E-state index in [1.165, 1.54) is 6.07 Å². The molecular formula is C13H17F3N2. The maximum Gasteiger partial charge on any atom is 0.418 e. The lowest BCUT2D eigenvalue weighted by Gasteiger charge is -2.45. The van der Waals surface area contributed by atoms with Crippen LogP contribution in [0.15, 0.2) is 24.3 Å². The SMILES string of the molecule is CC1(C)CNCCN1c1ccccc1C(F)(F)F. The van der Waals surface area contributed by atoms with Gasteiger partial charge in [0.25, 0.3) is 0 Å². The van der Waals surface area contributed by atoms with Crippen LogP contribution in [0.1, 0.15) is 19.4 Å². The molecule has 0 unspecified atom stereocenters. The van der Waals surface area contributed by atoms with Gasteiger partial charge in [0.05, 0.1) is 5.56 Å². The molecular weight excluding hydrogens is 241 g/mol. The fourth-order valence-corrected chi connectivity index (χ4v) is 2.38. The van der Waals surface area contributed by atoms with E-state index in [1.54, 1.807) is 12.1 Å². The van der Waals surface area contributed by atoms with Gasteiger partial charge in [0.15, 0.2) is 0 Å². The highest BCUT2D eigenvalue weighted by molar-refractivity contribution is 5.57. The molecule has 5 heteroatoms. The molecule has 0 aliphatic carbocycles. The van der Waals surface area contributed by atoms with E-state index in [2.05, 4.69) is 5.32 Å². The quantitative estimate of drug-likeness (QED) is 0.833. The van der Waals surface area contributed by atoms with Crippen LogP contribution in [-0.4, -0.2) is 25.2 Å². The molecule has 1 saturated heterocycles. The number of hydrogen-bond acceptors (Lipinski definition) is 2. The zero-order valence-electron chi connectivity index (χ0n) is 10.5. The average Bonchev–Trinajstić information content (AvgIpc) is 2.27. The maximum absolute atomic E-state index is 13.0. The Morgan fingerprint density at radius 2 is 1.89 bits per heavy atom. The summed E-state index contributed by atoms with van der Waals surface area (Å²) in [6.07, 6.45) is -4.31. The second-order valence-electron chi connectivity index (χ2n) is 5.16. The van der Waals surface area contributed by atoms with E-state index in [1.807, 2.05) is 18.7 Å². The minimum absolute atomic E-state index is 0.275. The molecule has 2 nitrogen and oxygen atoms in total. The summed E-state index contributed by atoms with van der Waals surface area (Å²) in [5.41, 5.74) is -0.601. The Hall–Kier alpha value is -1.23. The number of nitrogens with one attached hydrogen (secondary N) is 1. The van der Waals surface area contributed by atoms with E-state index < -0.39 is 11.7 Å². The number of rotatable bonds is 1. The molecule has 1 aliphatic rings. The van der Waals surface area contributed by atoms with Crippen LogP contribution >= 0.6 is 0 Å². The van der Waals surface area contributed by atoms with Gasteiger partial charge in [-0.2, -0.15) is 13.2 Å². The molecule has 0 atom stereocenters. The zero-order chi connectivity index (χ0) is 13.4. The number of nitrogens with zero attached hydrogens (tertiary/aromatic N) is 1. The summed E-state index contributed by atoms with van der Waals surface area (Å²) < 4.78 is 39.0. The van der Waals surface area contributed by atoms with Crippen molar-refractivity contribution in [2.24, 2.45) is 0 Å². The van der Waals surface area contributed by atoms with E-state index in [0.29, 0.717) is 19.6 Å². The second kappa shape index (κ2) is 4.46. The summed E-state index contributed by atoms with van der Waals surface area (Å²) >= 11 is 0. The van der Waals surface area contributed by atoms with Gasteiger partial charge >= 0.3 is 6.18 Å². The average molecular weight is 258 g/mol. The summed E-state index contributed by atoms with van der Waals surface area (Å²) in [7, 11) is 0. The smallest absolute Gasteiger partial charge is 0.363 e. The van der Waals surface area contributed by atoms with Crippen LogP contribution in [0.4, 0.5) is 18.9 Å². The van der Waals surface area contributed by atoms with Gasteiger partial charge in [-0.05, 0) is 26.0 Å². The lowest BCUT2D eigenvalue weighted by atomic mass is 9.97. The molecule has 1 N–H and O–H groups in total. The first-order chi connectivity index (χ1) is 8.32. The van der Waals surface area contributed by atoms with Gasteiger partial charge in [0, 0.05) is 30.9 Å². The van der Waals surface area contributed by atoms with Gasteiger partial charge in [-0.3, -0.25) is 0 Å². The van der Waals surface area contributed by atoms with Gasteiger partial charge in [0.2, 0.25) is 0 Å². The Bertz CT molecular complexity index is 426. The largest absolute Gasteiger partial charge is 0.418 e. The lowest BCUT2D eigenvalue weighted by molar-refractivity contribution is -0.137. The molecule has 0 spiro atoms. The van der Waals surface area contributed by atoms with Crippen LogP contribution in [0.3, 0.4) is 0 Å². The van der Waals surface area contributed by atoms with Crippen LogP contribution < -0.4 is 10.2 Å². The van der Waals surface area contributed by atoms with E-state index >= 15 is 0 Å². The molecule has 0 saturated carbocycles. The summed E-state index contributed by atoms with van der Waals surface area (Å²) in [5.74, 6) is 0. The number of para-hydroxylation sites is 1. The fraction of sp³-hybridized carbons (Fsp3) is 0.538. The summed E-state index contributed by atoms with van der Waals surface area (Å²) in [5, 5.41) is 3.21. The van der Waals surface area contributed by atoms with Crippen LogP contribution in [0.2, 0.25) is 0 Å². The first-order valence-electron chi connectivity index (χ1n) is 5.97. The van der Waals surface area contributed by atoms with E-state index in [9.17, 15) is 13.2 Å². The lowest BCUT2D eigenvalue weighted by Crippen LogP contribution is -2.58. The van der Waals surface area contributed by atoms with Crippen molar-refractivity contribution in [1.82, 2.24) is 5.32 Å². The third-order valence-electron chi connectivity index (χ3n) is 3.30. The number of piperazine rings is 1. The first kappa shape index (κ1) is 13.2. The van der Waals surface area contributed by atoms with Crippen LogP contribution in [0.25, 0.3) is 0 Å². The maximum atomic E-state index is 13.0. The third-order valence-corrected chi connectivity index (χ3v) is 3.30. The molecule has 1 aliphatic heterocycles. The number of hydrogen-bond donors (Lipinski definition) is 1. The van der Waals surface area contributed by atoms with Crippen molar-refractivity contribution in [2.45, 2.75) is 25.6 Å². The van der Waals surface area contributed by atoms with Gasteiger partial charge in [-0.15, -0.1) is 0 Å². The Morgan fingerprint density at radius 3 is 2.50 bits per heavy atom. The van der Waals surface area contributed by atoms with Gasteiger partial charge in [-0.1, -0.05) is 12.1 Å². The molecule has 0 amide bonds. The predicted octanol–water partition coefficient (Wildman–Crippen LogP) is 2.89. The molecule has 1 aromatic carbocycles. The molecule has 0 radical (unpaired) electrons. The molecule has 0 aromatic heterocycles. The summed E-state index contributed by atoms with van der Waals surface area (Å²) in [6.45, 7) is 5.87. The van der Waals surface area contributed by atoms with Crippen molar-refractivity contribution in [3.05, 3.63) is 29.8 Å². The standard InChI is InChI=1S/C13H17F3N2/c1-12(2)9-17-7-8-18(12)11-6-4-3-5-10(11)13(14,15)16/h3-6,17H,7-9H2,1-2H3. The Balaban J connectivity index is 2.44. The van der Waals surface area contributed by atoms with E-state index in [4.69, 9.17) is 0 Å². The summed E-state index contributed by atoms with van der Waals surface area (Å²) in [4.78, 5) is 1.84. The number of benzene rings is 1. The van der Waals surface area contributed by atoms with Gasteiger partial charge in [-0.25, -0.2) is 0 Å². The number of alkyl halides is 3. The molecule has 1 aromatic rings. The van der Waals surface area contributed by atoms with Gasteiger partial charge < -0.3 is 10.2 Å². The fourth-order valence-electron chi connectivity index (χ4n) is 2.38. The topological polar surface area (TPSA) is 15.3 Å². The Kier molecular flexibility index (Phi) is 3.27. The van der Waals surface area contributed by atoms with Crippen molar-refractivity contribution >= 4 is 5.69 Å². The monoisotopic (exact) mass is 258 g/mol. The van der Waals surface area contributed by atoms with Crippen molar-refractivity contribution in [3.8, 4) is 0 Å². The minimum Gasteiger partial charge on any atom is -0.363 e. The second-order valence-corrected chi connectivity index (χ2v) is 5.16. The highest BCUT2D eigenvalue weighted by Gasteiger charge is 2.38. The van der Waals surface area contributed by atoms with Crippen molar-refractivity contribution in [2.75, 3.05) is 24.5 Å². The molecule has 100 valence electrons.